The van der Waals surface area contributed by atoms with E-state index in [2.05, 4.69) is 10.3 Å². The Balaban J connectivity index is 2.01. The number of carbonyl (C=O) groups is 1. The summed E-state index contributed by atoms with van der Waals surface area (Å²) >= 11 is 2.94. The van der Waals surface area contributed by atoms with Gasteiger partial charge in [-0.3, -0.25) is 9.20 Å². The van der Waals surface area contributed by atoms with E-state index in [4.69, 9.17) is 5.11 Å². The molecular formula is C10H9N3O2S2. The quantitative estimate of drug-likeness (QED) is 0.752. The first-order chi connectivity index (χ1) is 8.29. The van der Waals surface area contributed by atoms with Crippen LogP contribution in [0.3, 0.4) is 0 Å². The maximum atomic E-state index is 11.7. The Kier molecular flexibility index (Phi) is 2.58. The van der Waals surface area contributed by atoms with E-state index in [-0.39, 0.29) is 19.1 Å². The van der Waals surface area contributed by atoms with Crippen molar-refractivity contribution < 1.29 is 9.90 Å². The van der Waals surface area contributed by atoms with Crippen LogP contribution in [0.25, 0.3) is 15.3 Å². The number of amides is 1. The van der Waals surface area contributed by atoms with Gasteiger partial charge in [-0.15, -0.1) is 22.7 Å². The highest BCUT2D eigenvalue weighted by Gasteiger charge is 2.14. The lowest BCUT2D eigenvalue weighted by molar-refractivity contribution is 0.0949. The predicted molar refractivity (Wildman–Crippen MR) is 67.9 cm³/mol. The molecule has 0 aliphatic rings. The molecule has 7 heteroatoms. The van der Waals surface area contributed by atoms with Crippen molar-refractivity contribution in [3.63, 3.8) is 0 Å². The number of imidazole rings is 1. The molecule has 17 heavy (non-hydrogen) atoms. The number of aliphatic hydroxyl groups is 1. The van der Waals surface area contributed by atoms with E-state index in [1.807, 2.05) is 22.0 Å². The first kappa shape index (κ1) is 10.7. The number of thiazole rings is 1. The van der Waals surface area contributed by atoms with Crippen LogP contribution in [0.4, 0.5) is 0 Å². The summed E-state index contributed by atoms with van der Waals surface area (Å²) in [7, 11) is 0. The zero-order chi connectivity index (χ0) is 11.8. The number of carbonyl (C=O) groups excluding carboxylic acids is 1. The average Bonchev–Trinajstić information content (AvgIpc) is 2.95. The van der Waals surface area contributed by atoms with Gasteiger partial charge in [-0.05, 0) is 6.07 Å². The second-order valence-electron chi connectivity index (χ2n) is 3.45. The van der Waals surface area contributed by atoms with Gasteiger partial charge < -0.3 is 10.4 Å². The van der Waals surface area contributed by atoms with Crippen molar-refractivity contribution in [2.75, 3.05) is 13.2 Å². The minimum absolute atomic E-state index is 0.0510. The van der Waals surface area contributed by atoms with Gasteiger partial charge >= 0.3 is 0 Å². The van der Waals surface area contributed by atoms with Crippen molar-refractivity contribution >= 4 is 43.9 Å². The van der Waals surface area contributed by atoms with Crippen LogP contribution in [-0.2, 0) is 0 Å². The summed E-state index contributed by atoms with van der Waals surface area (Å²) in [6, 6.07) is 1.83. The third-order valence-corrected chi connectivity index (χ3v) is 4.13. The molecule has 0 atom stereocenters. The van der Waals surface area contributed by atoms with Crippen LogP contribution >= 0.6 is 22.7 Å². The molecule has 0 saturated heterocycles. The maximum Gasteiger partial charge on any atom is 0.261 e. The van der Waals surface area contributed by atoms with Gasteiger partial charge in [-0.2, -0.15) is 0 Å². The Morgan fingerprint density at radius 2 is 2.47 bits per heavy atom. The Labute approximate surface area is 104 Å². The largest absolute Gasteiger partial charge is 0.395 e. The van der Waals surface area contributed by atoms with Gasteiger partial charge in [0.25, 0.3) is 5.91 Å². The highest BCUT2D eigenvalue weighted by molar-refractivity contribution is 7.21. The highest BCUT2D eigenvalue weighted by atomic mass is 32.1. The fourth-order valence-corrected chi connectivity index (χ4v) is 3.33. The van der Waals surface area contributed by atoms with E-state index in [1.165, 1.54) is 11.3 Å². The minimum Gasteiger partial charge on any atom is -0.395 e. The summed E-state index contributed by atoms with van der Waals surface area (Å²) in [5.41, 5.74) is 0.959. The van der Waals surface area contributed by atoms with E-state index in [0.717, 1.165) is 15.3 Å². The third-order valence-electron chi connectivity index (χ3n) is 2.36. The van der Waals surface area contributed by atoms with Crippen LogP contribution in [0.5, 0.6) is 0 Å². The van der Waals surface area contributed by atoms with Crippen LogP contribution in [0.2, 0.25) is 0 Å². The van der Waals surface area contributed by atoms with Crippen molar-refractivity contribution in [1.82, 2.24) is 14.7 Å². The molecule has 5 nitrogen and oxygen atoms in total. The van der Waals surface area contributed by atoms with Gasteiger partial charge in [0.15, 0.2) is 4.96 Å². The van der Waals surface area contributed by atoms with Crippen molar-refractivity contribution in [3.8, 4) is 0 Å². The third kappa shape index (κ3) is 1.72. The molecular weight excluding hydrogens is 258 g/mol. The highest BCUT2D eigenvalue weighted by Crippen LogP contribution is 2.27. The molecule has 88 valence electrons. The Hall–Kier alpha value is -1.44. The SMILES string of the molecule is O=C(NCCO)c1cc2c(nc3sccn32)s1. The molecule has 0 radical (unpaired) electrons. The first-order valence-electron chi connectivity index (χ1n) is 5.04. The first-order valence-corrected chi connectivity index (χ1v) is 6.73. The van der Waals surface area contributed by atoms with Crippen molar-refractivity contribution in [2.24, 2.45) is 0 Å². The molecule has 0 aromatic carbocycles. The molecule has 3 aromatic heterocycles. The number of hydrogen-bond acceptors (Lipinski definition) is 5. The number of rotatable bonds is 3. The van der Waals surface area contributed by atoms with Crippen molar-refractivity contribution in [2.45, 2.75) is 0 Å². The van der Waals surface area contributed by atoms with E-state index >= 15 is 0 Å². The molecule has 3 heterocycles. The van der Waals surface area contributed by atoms with Gasteiger partial charge in [0.1, 0.15) is 4.83 Å². The molecule has 1 amide bonds. The number of fused-ring (bicyclic) bond motifs is 3. The monoisotopic (exact) mass is 267 g/mol. The maximum absolute atomic E-state index is 11.7. The summed E-state index contributed by atoms with van der Waals surface area (Å²) in [6.07, 6.45) is 1.94. The van der Waals surface area contributed by atoms with Crippen molar-refractivity contribution in [3.05, 3.63) is 22.5 Å². The van der Waals surface area contributed by atoms with Crippen LogP contribution < -0.4 is 5.32 Å². The Bertz CT molecular complexity index is 682. The molecule has 0 spiro atoms. The van der Waals surface area contributed by atoms with E-state index in [9.17, 15) is 4.79 Å². The lowest BCUT2D eigenvalue weighted by atomic mass is 10.4. The Morgan fingerprint density at radius 1 is 1.59 bits per heavy atom. The Morgan fingerprint density at radius 3 is 3.29 bits per heavy atom. The van der Waals surface area contributed by atoms with E-state index < -0.39 is 0 Å². The molecule has 0 aliphatic carbocycles. The van der Waals surface area contributed by atoms with Gasteiger partial charge in [-0.1, -0.05) is 0 Å². The molecule has 3 aromatic rings. The van der Waals surface area contributed by atoms with E-state index in [1.54, 1.807) is 11.3 Å². The normalized spacial score (nSPS) is 11.4. The van der Waals surface area contributed by atoms with Gasteiger partial charge in [0.05, 0.1) is 17.0 Å². The number of nitrogens with zero attached hydrogens (tertiary/aromatic N) is 2. The summed E-state index contributed by atoms with van der Waals surface area (Å²) in [5, 5.41) is 13.2. The van der Waals surface area contributed by atoms with Crippen molar-refractivity contribution in [1.29, 1.82) is 0 Å². The molecule has 0 aliphatic heterocycles. The topological polar surface area (TPSA) is 66.6 Å². The number of thiophene rings is 1. The molecule has 0 unspecified atom stereocenters. The standard InChI is InChI=1S/C10H9N3O2S2/c14-3-1-11-8(15)7-5-6-9(17-7)12-10-13(6)2-4-16-10/h2,4-5,14H,1,3H2,(H,11,15). The average molecular weight is 267 g/mol. The molecule has 3 rings (SSSR count). The van der Waals surface area contributed by atoms with Crippen LogP contribution in [0.1, 0.15) is 9.67 Å². The smallest absolute Gasteiger partial charge is 0.261 e. The van der Waals surface area contributed by atoms with Gasteiger partial charge in [0.2, 0.25) is 0 Å². The summed E-state index contributed by atoms with van der Waals surface area (Å²) in [4.78, 5) is 18.6. The molecule has 0 fully saturated rings. The van der Waals surface area contributed by atoms with Crippen LogP contribution in [0.15, 0.2) is 17.6 Å². The zero-order valence-corrected chi connectivity index (χ0v) is 10.3. The summed E-state index contributed by atoms with van der Waals surface area (Å²) < 4.78 is 1.97. The van der Waals surface area contributed by atoms with E-state index in [0.29, 0.717) is 4.88 Å². The zero-order valence-electron chi connectivity index (χ0n) is 8.71. The van der Waals surface area contributed by atoms with Crippen LogP contribution in [0, 0.1) is 0 Å². The fourth-order valence-electron chi connectivity index (χ4n) is 1.62. The lowest BCUT2D eigenvalue weighted by Gasteiger charge is -1.98. The van der Waals surface area contributed by atoms with Gasteiger partial charge in [-0.25, -0.2) is 4.98 Å². The van der Waals surface area contributed by atoms with Gasteiger partial charge in [0, 0.05) is 18.1 Å². The molecule has 2 N–H and O–H groups in total. The number of aromatic nitrogens is 2. The predicted octanol–water partition coefficient (Wildman–Crippen LogP) is 1.33. The number of hydrogen-bond donors (Lipinski definition) is 2. The number of aliphatic hydroxyl groups excluding tert-OH is 1. The van der Waals surface area contributed by atoms with Crippen LogP contribution in [-0.4, -0.2) is 33.6 Å². The summed E-state index contributed by atoms with van der Waals surface area (Å²) in [6.45, 7) is 0.222. The second kappa shape index (κ2) is 4.10. The number of nitrogens with one attached hydrogen (secondary N) is 1. The second-order valence-corrected chi connectivity index (χ2v) is 5.35. The summed E-state index contributed by atoms with van der Waals surface area (Å²) in [5.74, 6) is -0.161. The molecule has 0 saturated carbocycles. The molecule has 0 bridgehead atoms. The fraction of sp³-hybridized carbons (Fsp3) is 0.200. The minimum atomic E-state index is -0.161. The lowest BCUT2D eigenvalue weighted by Crippen LogP contribution is -2.25.